The van der Waals surface area contributed by atoms with E-state index in [9.17, 15) is 4.79 Å². The Morgan fingerprint density at radius 3 is 2.53 bits per heavy atom. The third-order valence-electron chi connectivity index (χ3n) is 2.09. The average molecular weight is 258 g/mol. The molecule has 0 saturated heterocycles. The van der Waals surface area contributed by atoms with Crippen molar-refractivity contribution < 1.29 is 4.79 Å². The van der Waals surface area contributed by atoms with Crippen molar-refractivity contribution in [1.29, 1.82) is 0 Å². The van der Waals surface area contributed by atoms with Gasteiger partial charge >= 0.3 is 0 Å². The molecule has 94 valence electrons. The van der Waals surface area contributed by atoms with Gasteiger partial charge in [0.25, 0.3) is 0 Å². The standard InChI is InChI=1S/C10H16ClN5O/c1-4-7(17)16(6-3)10-14-8(11)13-9(15-10)12-5-2/h4-6H2,1-3H3,(H,12,13,14,15). The lowest BCUT2D eigenvalue weighted by Gasteiger charge is -2.18. The summed E-state index contributed by atoms with van der Waals surface area (Å²) in [6.45, 7) is 6.75. The Kier molecular flexibility index (Phi) is 5.09. The minimum atomic E-state index is -0.0442. The third kappa shape index (κ3) is 3.52. The summed E-state index contributed by atoms with van der Waals surface area (Å²) in [5, 5.41) is 3.02. The number of nitrogens with zero attached hydrogens (tertiary/aromatic N) is 4. The van der Waals surface area contributed by atoms with Crippen molar-refractivity contribution in [2.75, 3.05) is 23.3 Å². The van der Waals surface area contributed by atoms with E-state index in [0.717, 1.165) is 0 Å². The smallest absolute Gasteiger partial charge is 0.238 e. The molecule has 0 aliphatic heterocycles. The van der Waals surface area contributed by atoms with Gasteiger partial charge < -0.3 is 5.32 Å². The van der Waals surface area contributed by atoms with Crippen molar-refractivity contribution >= 4 is 29.4 Å². The first-order valence-electron chi connectivity index (χ1n) is 5.58. The second-order valence-electron chi connectivity index (χ2n) is 3.25. The molecule has 0 atom stereocenters. The van der Waals surface area contributed by atoms with Gasteiger partial charge in [0.2, 0.25) is 23.1 Å². The number of aromatic nitrogens is 3. The maximum Gasteiger partial charge on any atom is 0.238 e. The lowest BCUT2D eigenvalue weighted by molar-refractivity contribution is -0.118. The van der Waals surface area contributed by atoms with E-state index >= 15 is 0 Å². The highest BCUT2D eigenvalue weighted by Crippen LogP contribution is 2.14. The fraction of sp³-hybridized carbons (Fsp3) is 0.600. The van der Waals surface area contributed by atoms with E-state index in [4.69, 9.17) is 11.6 Å². The summed E-state index contributed by atoms with van der Waals surface area (Å²) < 4.78 is 0. The number of nitrogens with one attached hydrogen (secondary N) is 1. The van der Waals surface area contributed by atoms with Crippen LogP contribution in [0.15, 0.2) is 0 Å². The monoisotopic (exact) mass is 257 g/mol. The summed E-state index contributed by atoms with van der Waals surface area (Å²) in [6, 6.07) is 0. The number of rotatable bonds is 5. The van der Waals surface area contributed by atoms with Crippen molar-refractivity contribution in [3.63, 3.8) is 0 Å². The number of anilines is 2. The fourth-order valence-electron chi connectivity index (χ4n) is 1.32. The van der Waals surface area contributed by atoms with Gasteiger partial charge in [-0.2, -0.15) is 15.0 Å². The van der Waals surface area contributed by atoms with Gasteiger partial charge in [-0.25, -0.2) is 0 Å². The van der Waals surface area contributed by atoms with E-state index in [2.05, 4.69) is 20.3 Å². The van der Waals surface area contributed by atoms with Crippen molar-refractivity contribution in [3.8, 4) is 0 Å². The highest BCUT2D eigenvalue weighted by molar-refractivity contribution is 6.28. The summed E-state index contributed by atoms with van der Waals surface area (Å²) >= 11 is 5.79. The summed E-state index contributed by atoms with van der Waals surface area (Å²) in [7, 11) is 0. The SMILES string of the molecule is CCNc1nc(Cl)nc(N(CC)C(=O)CC)n1. The highest BCUT2D eigenvalue weighted by atomic mass is 35.5. The lowest BCUT2D eigenvalue weighted by atomic mass is 10.4. The van der Waals surface area contributed by atoms with E-state index in [1.165, 1.54) is 4.90 Å². The molecule has 1 aromatic rings. The molecule has 1 amide bonds. The van der Waals surface area contributed by atoms with Crippen molar-refractivity contribution in [3.05, 3.63) is 5.28 Å². The molecule has 1 aromatic heterocycles. The first-order chi connectivity index (χ1) is 8.12. The Morgan fingerprint density at radius 1 is 1.29 bits per heavy atom. The molecule has 1 rings (SSSR count). The Bertz CT molecular complexity index is 398. The van der Waals surface area contributed by atoms with Crippen LogP contribution in [0, 0.1) is 0 Å². The van der Waals surface area contributed by atoms with Crippen LogP contribution in [0.1, 0.15) is 27.2 Å². The van der Waals surface area contributed by atoms with Gasteiger partial charge in [0.05, 0.1) is 0 Å². The molecule has 0 aliphatic rings. The Balaban J connectivity index is 3.06. The zero-order valence-corrected chi connectivity index (χ0v) is 11.0. The maximum absolute atomic E-state index is 11.7. The number of hydrogen-bond donors (Lipinski definition) is 1. The molecular weight excluding hydrogens is 242 g/mol. The molecule has 0 unspecified atom stereocenters. The zero-order chi connectivity index (χ0) is 12.8. The predicted molar refractivity (Wildman–Crippen MR) is 67.3 cm³/mol. The Hall–Kier alpha value is -1.43. The first-order valence-corrected chi connectivity index (χ1v) is 5.95. The average Bonchev–Trinajstić information content (AvgIpc) is 2.29. The van der Waals surface area contributed by atoms with Crippen LogP contribution >= 0.6 is 11.6 Å². The van der Waals surface area contributed by atoms with Crippen LogP contribution in [0.3, 0.4) is 0 Å². The maximum atomic E-state index is 11.7. The minimum absolute atomic E-state index is 0.0442. The van der Waals surface area contributed by atoms with E-state index < -0.39 is 0 Å². The summed E-state index contributed by atoms with van der Waals surface area (Å²) in [5.41, 5.74) is 0. The largest absolute Gasteiger partial charge is 0.354 e. The number of halogens is 1. The van der Waals surface area contributed by atoms with Gasteiger partial charge in [-0.3, -0.25) is 9.69 Å². The zero-order valence-electron chi connectivity index (χ0n) is 10.2. The minimum Gasteiger partial charge on any atom is -0.354 e. The molecule has 0 aromatic carbocycles. The fourth-order valence-corrected chi connectivity index (χ4v) is 1.47. The number of amides is 1. The Morgan fingerprint density at radius 2 is 2.00 bits per heavy atom. The van der Waals surface area contributed by atoms with Crippen LogP contribution in [-0.4, -0.2) is 33.9 Å². The lowest BCUT2D eigenvalue weighted by Crippen LogP contribution is -2.31. The van der Waals surface area contributed by atoms with Gasteiger partial charge in [0, 0.05) is 19.5 Å². The molecule has 1 N–H and O–H groups in total. The van der Waals surface area contributed by atoms with Crippen molar-refractivity contribution in [2.24, 2.45) is 0 Å². The first kappa shape index (κ1) is 13.6. The number of carbonyl (C=O) groups excluding carboxylic acids is 1. The van der Waals surface area contributed by atoms with E-state index in [0.29, 0.717) is 25.5 Å². The molecule has 0 fully saturated rings. The molecule has 0 bridgehead atoms. The molecular formula is C10H16ClN5O. The third-order valence-corrected chi connectivity index (χ3v) is 2.26. The van der Waals surface area contributed by atoms with Crippen LogP contribution < -0.4 is 10.2 Å². The molecule has 0 aliphatic carbocycles. The van der Waals surface area contributed by atoms with Crippen LogP contribution in [0.4, 0.5) is 11.9 Å². The van der Waals surface area contributed by atoms with Crippen LogP contribution in [0.2, 0.25) is 5.28 Å². The summed E-state index contributed by atoms with van der Waals surface area (Å²) in [4.78, 5) is 25.2. The van der Waals surface area contributed by atoms with E-state index in [-0.39, 0.29) is 17.1 Å². The molecule has 1 heterocycles. The second-order valence-corrected chi connectivity index (χ2v) is 3.59. The second kappa shape index (κ2) is 6.34. The normalized spacial score (nSPS) is 10.1. The quantitative estimate of drug-likeness (QED) is 0.870. The van der Waals surface area contributed by atoms with E-state index in [1.807, 2.05) is 13.8 Å². The van der Waals surface area contributed by atoms with Gasteiger partial charge in [0.15, 0.2) is 0 Å². The van der Waals surface area contributed by atoms with Crippen LogP contribution in [0.25, 0.3) is 0 Å². The molecule has 17 heavy (non-hydrogen) atoms. The van der Waals surface area contributed by atoms with Crippen LogP contribution in [-0.2, 0) is 4.79 Å². The molecule has 0 radical (unpaired) electrons. The van der Waals surface area contributed by atoms with Gasteiger partial charge in [-0.05, 0) is 25.4 Å². The molecule has 0 saturated carbocycles. The molecule has 6 nitrogen and oxygen atoms in total. The van der Waals surface area contributed by atoms with Gasteiger partial charge in [0.1, 0.15) is 0 Å². The van der Waals surface area contributed by atoms with E-state index in [1.54, 1.807) is 6.92 Å². The van der Waals surface area contributed by atoms with Gasteiger partial charge in [-0.1, -0.05) is 6.92 Å². The summed E-state index contributed by atoms with van der Waals surface area (Å²) in [6.07, 6.45) is 0.397. The topological polar surface area (TPSA) is 71.0 Å². The van der Waals surface area contributed by atoms with Crippen molar-refractivity contribution in [1.82, 2.24) is 15.0 Å². The highest BCUT2D eigenvalue weighted by Gasteiger charge is 2.16. The molecule has 0 spiro atoms. The predicted octanol–water partition coefficient (Wildman–Crippen LogP) is 1.72. The number of carbonyl (C=O) groups is 1. The van der Waals surface area contributed by atoms with Crippen molar-refractivity contribution in [2.45, 2.75) is 27.2 Å². The van der Waals surface area contributed by atoms with Gasteiger partial charge in [-0.15, -0.1) is 0 Å². The number of hydrogen-bond acceptors (Lipinski definition) is 5. The Labute approximate surface area is 105 Å². The summed E-state index contributed by atoms with van der Waals surface area (Å²) in [5.74, 6) is 0.623. The molecule has 7 heteroatoms. The van der Waals surface area contributed by atoms with Crippen LogP contribution in [0.5, 0.6) is 0 Å².